The number of sulfonamides is 1. The van der Waals surface area contributed by atoms with Crippen molar-refractivity contribution < 1.29 is 22.8 Å². The Kier molecular flexibility index (Phi) is 6.41. The Bertz CT molecular complexity index is 1020. The highest BCUT2D eigenvalue weighted by Gasteiger charge is 2.20. The number of aryl methyl sites for hydroxylation is 1. The van der Waals surface area contributed by atoms with Crippen molar-refractivity contribution in [3.05, 3.63) is 57.6 Å². The van der Waals surface area contributed by atoms with Crippen LogP contribution in [-0.4, -0.2) is 33.5 Å². The van der Waals surface area contributed by atoms with Gasteiger partial charge in [-0.25, -0.2) is 18.1 Å². The number of nitro benzene ring substituents is 1. The summed E-state index contributed by atoms with van der Waals surface area (Å²) >= 11 is 0. The first kappa shape index (κ1) is 21.0. The maximum atomic E-state index is 12.4. The van der Waals surface area contributed by atoms with Crippen LogP contribution in [0.25, 0.3) is 0 Å². The largest absolute Gasteiger partial charge is 0.497 e. The smallest absolute Gasteiger partial charge is 0.273 e. The Morgan fingerprint density at radius 3 is 2.54 bits per heavy atom. The van der Waals surface area contributed by atoms with E-state index in [0.717, 1.165) is 6.07 Å². The van der Waals surface area contributed by atoms with Crippen LogP contribution in [0.1, 0.15) is 11.1 Å². The minimum absolute atomic E-state index is 0.0512. The van der Waals surface area contributed by atoms with E-state index in [1.165, 1.54) is 33.3 Å². The van der Waals surface area contributed by atoms with Gasteiger partial charge in [0.1, 0.15) is 11.5 Å². The Morgan fingerprint density at radius 1 is 1.21 bits per heavy atom. The summed E-state index contributed by atoms with van der Waals surface area (Å²) in [4.78, 5) is 14.1. The molecule has 0 unspecified atom stereocenters. The predicted molar refractivity (Wildman–Crippen MR) is 103 cm³/mol. The number of ether oxygens (including phenoxy) is 2. The van der Waals surface area contributed by atoms with E-state index in [1.54, 1.807) is 18.2 Å². The third-order valence-electron chi connectivity index (χ3n) is 3.84. The number of nitrogens with zero attached hydrogens (tertiary/aromatic N) is 2. The number of hydrogen-bond acceptors (Lipinski definition) is 7. The first-order valence-corrected chi connectivity index (χ1v) is 9.45. The number of nitrogens with one attached hydrogen (secondary N) is 1. The molecule has 0 saturated carbocycles. The molecule has 0 heterocycles. The van der Waals surface area contributed by atoms with Gasteiger partial charge in [0, 0.05) is 23.3 Å². The molecule has 0 spiro atoms. The van der Waals surface area contributed by atoms with Crippen LogP contribution in [0.15, 0.2) is 46.3 Å². The summed E-state index contributed by atoms with van der Waals surface area (Å²) in [6.45, 7) is 1.57. The van der Waals surface area contributed by atoms with Crippen LogP contribution in [0.4, 0.5) is 5.69 Å². The standard InChI is InChI=1S/C17H20N4O6S/c1-11-4-7-14(9-15(11)21(22)23)28(24,25)20-17(18)19-10-12-5-6-13(26-2)8-16(12)27-3/h4-9H,10H2,1-3H3,(H3,18,19,20). The van der Waals surface area contributed by atoms with E-state index >= 15 is 0 Å². The maximum absolute atomic E-state index is 12.4. The predicted octanol–water partition coefficient (Wildman–Crippen LogP) is 1.71. The van der Waals surface area contributed by atoms with Gasteiger partial charge < -0.3 is 15.2 Å². The highest BCUT2D eigenvalue weighted by atomic mass is 32.2. The van der Waals surface area contributed by atoms with E-state index in [1.807, 2.05) is 0 Å². The summed E-state index contributed by atoms with van der Waals surface area (Å²) in [6.07, 6.45) is 0. The average Bonchev–Trinajstić information content (AvgIpc) is 2.65. The molecule has 0 aromatic heterocycles. The fourth-order valence-corrected chi connectivity index (χ4v) is 3.31. The second-order valence-corrected chi connectivity index (χ2v) is 7.37. The summed E-state index contributed by atoms with van der Waals surface area (Å²) in [6, 6.07) is 8.66. The number of benzene rings is 2. The number of nitro groups is 1. The minimum Gasteiger partial charge on any atom is -0.497 e. The molecular weight excluding hydrogens is 388 g/mol. The first-order valence-electron chi connectivity index (χ1n) is 7.96. The van der Waals surface area contributed by atoms with Crippen LogP contribution in [0.3, 0.4) is 0 Å². The van der Waals surface area contributed by atoms with Crippen molar-refractivity contribution in [2.75, 3.05) is 14.2 Å². The normalized spacial score (nSPS) is 11.8. The molecule has 0 bridgehead atoms. The summed E-state index contributed by atoms with van der Waals surface area (Å²) < 4.78 is 37.3. The van der Waals surface area contributed by atoms with Crippen molar-refractivity contribution in [1.82, 2.24) is 4.72 Å². The molecule has 2 aromatic rings. The van der Waals surface area contributed by atoms with Crippen LogP contribution >= 0.6 is 0 Å². The Labute approximate surface area is 162 Å². The van der Waals surface area contributed by atoms with Crippen molar-refractivity contribution in [2.45, 2.75) is 18.4 Å². The molecule has 0 radical (unpaired) electrons. The van der Waals surface area contributed by atoms with E-state index in [0.29, 0.717) is 22.6 Å². The Balaban J connectivity index is 2.21. The molecule has 3 N–H and O–H groups in total. The third kappa shape index (κ3) is 4.88. The molecular formula is C17H20N4O6S. The molecule has 0 aliphatic heterocycles. The second-order valence-electron chi connectivity index (χ2n) is 5.69. The molecule has 0 atom stereocenters. The molecule has 2 rings (SSSR count). The highest BCUT2D eigenvalue weighted by molar-refractivity contribution is 7.90. The average molecular weight is 408 g/mol. The lowest BCUT2D eigenvalue weighted by molar-refractivity contribution is -0.385. The van der Waals surface area contributed by atoms with Crippen LogP contribution in [-0.2, 0) is 16.6 Å². The lowest BCUT2D eigenvalue weighted by atomic mass is 10.2. The SMILES string of the molecule is COc1ccc(CN=C(N)NS(=O)(=O)c2ccc(C)c([N+](=O)[O-])c2)c(OC)c1. The van der Waals surface area contributed by atoms with Crippen molar-refractivity contribution in [3.63, 3.8) is 0 Å². The second kappa shape index (κ2) is 8.57. The number of methoxy groups -OCH3 is 2. The van der Waals surface area contributed by atoms with Crippen LogP contribution in [0.5, 0.6) is 11.5 Å². The monoisotopic (exact) mass is 408 g/mol. The molecule has 0 aliphatic carbocycles. The van der Waals surface area contributed by atoms with E-state index in [9.17, 15) is 18.5 Å². The Hall–Kier alpha value is -3.34. The zero-order chi connectivity index (χ0) is 20.9. The fraction of sp³-hybridized carbons (Fsp3) is 0.235. The molecule has 2 aromatic carbocycles. The van der Waals surface area contributed by atoms with Crippen LogP contribution < -0.4 is 19.9 Å². The number of aliphatic imine (C=N–C) groups is 1. The molecule has 10 nitrogen and oxygen atoms in total. The maximum Gasteiger partial charge on any atom is 0.273 e. The van der Waals surface area contributed by atoms with Gasteiger partial charge in [-0.3, -0.25) is 10.1 Å². The molecule has 150 valence electrons. The van der Waals surface area contributed by atoms with Gasteiger partial charge in [0.15, 0.2) is 0 Å². The number of rotatable bonds is 7. The zero-order valence-corrected chi connectivity index (χ0v) is 16.3. The lowest BCUT2D eigenvalue weighted by Gasteiger charge is -2.10. The molecule has 0 fully saturated rings. The van der Waals surface area contributed by atoms with Gasteiger partial charge >= 0.3 is 0 Å². The van der Waals surface area contributed by atoms with Crippen molar-refractivity contribution in [3.8, 4) is 11.5 Å². The lowest BCUT2D eigenvalue weighted by Crippen LogP contribution is -2.36. The first-order chi connectivity index (χ1) is 13.2. The molecule has 28 heavy (non-hydrogen) atoms. The van der Waals surface area contributed by atoms with Crippen molar-refractivity contribution >= 4 is 21.7 Å². The quantitative estimate of drug-likeness (QED) is 0.307. The van der Waals surface area contributed by atoms with Crippen LogP contribution in [0.2, 0.25) is 0 Å². The number of nitrogens with two attached hydrogens (primary N) is 1. The number of hydrogen-bond donors (Lipinski definition) is 2. The van der Waals surface area contributed by atoms with E-state index in [4.69, 9.17) is 15.2 Å². The summed E-state index contributed by atoms with van der Waals surface area (Å²) in [5.74, 6) is 0.744. The van der Waals surface area contributed by atoms with Gasteiger partial charge in [-0.2, -0.15) is 0 Å². The van der Waals surface area contributed by atoms with Gasteiger partial charge in [-0.05, 0) is 25.1 Å². The van der Waals surface area contributed by atoms with E-state index in [2.05, 4.69) is 9.71 Å². The summed E-state index contributed by atoms with van der Waals surface area (Å²) in [5, 5.41) is 11.0. The van der Waals surface area contributed by atoms with E-state index < -0.39 is 14.9 Å². The molecule has 11 heteroatoms. The minimum atomic E-state index is -4.12. The fourth-order valence-electron chi connectivity index (χ4n) is 2.33. The van der Waals surface area contributed by atoms with Gasteiger partial charge in [-0.1, -0.05) is 6.07 Å². The number of guanidine groups is 1. The van der Waals surface area contributed by atoms with Gasteiger partial charge in [0.25, 0.3) is 15.7 Å². The highest BCUT2D eigenvalue weighted by Crippen LogP contribution is 2.25. The van der Waals surface area contributed by atoms with Crippen molar-refractivity contribution in [1.29, 1.82) is 0 Å². The van der Waals surface area contributed by atoms with Crippen LogP contribution in [0, 0.1) is 17.0 Å². The van der Waals surface area contributed by atoms with Crippen molar-refractivity contribution in [2.24, 2.45) is 10.7 Å². The zero-order valence-electron chi connectivity index (χ0n) is 15.5. The molecule has 0 aliphatic rings. The van der Waals surface area contributed by atoms with Gasteiger partial charge in [0.05, 0.1) is 30.6 Å². The molecule has 0 saturated heterocycles. The topological polar surface area (TPSA) is 146 Å². The molecule has 0 amide bonds. The van der Waals surface area contributed by atoms with E-state index in [-0.39, 0.29) is 23.1 Å². The summed E-state index contributed by atoms with van der Waals surface area (Å²) in [7, 11) is -1.12. The van der Waals surface area contributed by atoms with Gasteiger partial charge in [-0.15, -0.1) is 0 Å². The van der Waals surface area contributed by atoms with Gasteiger partial charge in [0.2, 0.25) is 5.96 Å². The summed E-state index contributed by atoms with van der Waals surface area (Å²) in [5.41, 5.74) is 6.38. The Morgan fingerprint density at radius 2 is 1.93 bits per heavy atom. The third-order valence-corrected chi connectivity index (χ3v) is 5.19.